The lowest BCUT2D eigenvalue weighted by Crippen LogP contribution is -2.29. The number of hydrogen-bond donors (Lipinski definition) is 2. The summed E-state index contributed by atoms with van der Waals surface area (Å²) in [5.74, 6) is -1.15. The van der Waals surface area contributed by atoms with Crippen LogP contribution in [-0.2, 0) is 16.1 Å². The summed E-state index contributed by atoms with van der Waals surface area (Å²) in [5.41, 5.74) is 1.51. The van der Waals surface area contributed by atoms with Crippen molar-refractivity contribution in [2.75, 3.05) is 0 Å². The molecule has 0 amide bonds. The molecular weight excluding hydrogens is 352 g/mol. The van der Waals surface area contributed by atoms with Gasteiger partial charge in [0.2, 0.25) is 0 Å². The molecule has 140 valence electrons. The third kappa shape index (κ3) is 3.76. The first-order chi connectivity index (χ1) is 12.8. The molecule has 0 radical (unpaired) electrons. The van der Waals surface area contributed by atoms with Crippen molar-refractivity contribution in [1.29, 1.82) is 0 Å². The maximum atomic E-state index is 12.4. The van der Waals surface area contributed by atoms with Crippen LogP contribution in [0.2, 0.25) is 0 Å². The molecule has 27 heavy (non-hydrogen) atoms. The highest BCUT2D eigenvalue weighted by atomic mass is 16.4. The number of fused-ring (bicyclic) bond motifs is 2. The van der Waals surface area contributed by atoms with Crippen LogP contribution in [0.25, 0.3) is 22.6 Å². The zero-order chi connectivity index (χ0) is 19.7. The molecule has 2 aliphatic rings. The molecule has 0 fully saturated rings. The van der Waals surface area contributed by atoms with Crippen LogP contribution >= 0.6 is 0 Å². The maximum Gasteiger partial charge on any atom is 0.349 e. The highest BCUT2D eigenvalue weighted by Gasteiger charge is 2.20. The minimum atomic E-state index is -0.967. The fourth-order valence-electron chi connectivity index (χ4n) is 2.90. The van der Waals surface area contributed by atoms with Gasteiger partial charge in [0.25, 0.3) is 5.56 Å². The molecule has 1 aromatic rings. The molecule has 0 aliphatic carbocycles. The van der Waals surface area contributed by atoms with E-state index >= 15 is 0 Å². The lowest BCUT2D eigenvalue weighted by molar-refractivity contribution is -0.137. The number of nitrogens with zero attached hydrogens (tertiary/aromatic N) is 3. The zero-order valence-corrected chi connectivity index (χ0v) is 14.9. The van der Waals surface area contributed by atoms with E-state index in [1.165, 1.54) is 4.57 Å². The number of benzene rings is 1. The number of nitrogens with one attached hydrogen (secondary N) is 1. The molecule has 0 saturated heterocycles. The van der Waals surface area contributed by atoms with Gasteiger partial charge in [0, 0.05) is 12.8 Å². The first-order valence-corrected chi connectivity index (χ1v) is 8.41. The molecule has 2 N–H and O–H groups in total. The second kappa shape index (κ2) is 7.10. The Kier molecular flexibility index (Phi) is 4.85. The van der Waals surface area contributed by atoms with Crippen molar-refractivity contribution >= 4 is 22.8 Å². The third-order valence-corrected chi connectivity index (χ3v) is 4.41. The van der Waals surface area contributed by atoms with Crippen molar-refractivity contribution < 1.29 is 14.7 Å². The summed E-state index contributed by atoms with van der Waals surface area (Å²) < 4.78 is 1.50. The molecule has 0 aromatic heterocycles. The fraction of sp³-hybridized carbons (Fsp3) is 0.333. The van der Waals surface area contributed by atoms with Crippen LogP contribution in [-0.4, -0.2) is 36.4 Å². The van der Waals surface area contributed by atoms with E-state index < -0.39 is 17.2 Å². The van der Waals surface area contributed by atoms with Crippen molar-refractivity contribution in [3.8, 4) is 11.5 Å². The third-order valence-electron chi connectivity index (χ3n) is 4.41. The molecular formula is C18H18N4O5. The standard InChI is InChI=1S/C18H18N4O5/c1-9-6-12-13(7-10(9)2)22(8-11(23)4-3-5-14(24)25)16-15(19-12)17(26)21-18(27)20-16/h6-7H,3-5,8H2,1-2H3,(H,24,25)(H,21,26,27). The summed E-state index contributed by atoms with van der Waals surface area (Å²) in [6, 6.07) is 3.63. The Bertz CT molecular complexity index is 1140. The number of hydrogen-bond acceptors (Lipinski definition) is 6. The Hall–Kier alpha value is -3.36. The first kappa shape index (κ1) is 18.4. The second-order valence-corrected chi connectivity index (χ2v) is 6.45. The Morgan fingerprint density at radius 1 is 1.11 bits per heavy atom. The van der Waals surface area contributed by atoms with Gasteiger partial charge in [-0.3, -0.25) is 19.4 Å². The summed E-state index contributed by atoms with van der Waals surface area (Å²) in [5, 5.41) is 8.71. The van der Waals surface area contributed by atoms with Crippen LogP contribution in [0.5, 0.6) is 0 Å². The minimum absolute atomic E-state index is 0.0244. The van der Waals surface area contributed by atoms with E-state index in [2.05, 4.69) is 15.0 Å². The van der Waals surface area contributed by atoms with Gasteiger partial charge in [-0.05, 0) is 43.5 Å². The molecule has 0 atom stereocenters. The number of carbonyl (C=O) groups excluding carboxylic acids is 1. The van der Waals surface area contributed by atoms with Crippen molar-refractivity contribution in [2.24, 2.45) is 0 Å². The summed E-state index contributed by atoms with van der Waals surface area (Å²) >= 11 is 0. The number of ketones is 1. The van der Waals surface area contributed by atoms with Crippen molar-refractivity contribution in [1.82, 2.24) is 19.5 Å². The number of carboxylic acid groups (broad SMARTS) is 1. The zero-order valence-electron chi connectivity index (χ0n) is 14.9. The lowest BCUT2D eigenvalue weighted by atomic mass is 10.1. The van der Waals surface area contributed by atoms with Gasteiger partial charge in [-0.2, -0.15) is 4.98 Å². The topological polar surface area (TPSA) is 135 Å². The van der Waals surface area contributed by atoms with Gasteiger partial charge in [0.1, 0.15) is 0 Å². The number of aliphatic carboxylic acids is 1. The average molecular weight is 370 g/mol. The Balaban J connectivity index is 2.16. The first-order valence-electron chi connectivity index (χ1n) is 8.41. The Morgan fingerprint density at radius 2 is 1.81 bits per heavy atom. The average Bonchev–Trinajstić information content (AvgIpc) is 2.57. The monoisotopic (exact) mass is 370 g/mol. The highest BCUT2D eigenvalue weighted by Crippen LogP contribution is 2.24. The van der Waals surface area contributed by atoms with E-state index in [1.807, 2.05) is 19.9 Å². The van der Waals surface area contributed by atoms with E-state index in [0.29, 0.717) is 11.0 Å². The number of rotatable bonds is 6. The van der Waals surface area contributed by atoms with Crippen LogP contribution in [0.1, 0.15) is 30.4 Å². The lowest BCUT2D eigenvalue weighted by Gasteiger charge is -2.17. The minimum Gasteiger partial charge on any atom is -0.481 e. The molecule has 9 heteroatoms. The molecule has 2 heterocycles. The SMILES string of the molecule is Cc1cc2nc3c(=O)[nH]c(=O)nc-3n(CC(=O)CCCC(=O)O)c2cc1C. The van der Waals surface area contributed by atoms with E-state index in [1.54, 1.807) is 6.07 Å². The van der Waals surface area contributed by atoms with Crippen molar-refractivity contribution in [3.63, 3.8) is 0 Å². The van der Waals surface area contributed by atoms with Crippen LogP contribution in [0.15, 0.2) is 21.7 Å². The molecule has 9 nitrogen and oxygen atoms in total. The van der Waals surface area contributed by atoms with E-state index in [-0.39, 0.29) is 43.1 Å². The van der Waals surface area contributed by atoms with Gasteiger partial charge in [-0.25, -0.2) is 9.78 Å². The summed E-state index contributed by atoms with van der Waals surface area (Å²) in [6.07, 6.45) is 0.187. The molecule has 0 spiro atoms. The molecule has 0 bridgehead atoms. The Labute approximate surface area is 153 Å². The number of aryl methyl sites for hydroxylation is 2. The number of carboxylic acids is 1. The van der Waals surface area contributed by atoms with E-state index in [0.717, 1.165) is 11.1 Å². The molecule has 3 rings (SSSR count). The number of aromatic nitrogens is 4. The molecule has 0 unspecified atom stereocenters. The van der Waals surface area contributed by atoms with Gasteiger partial charge in [-0.15, -0.1) is 0 Å². The molecule has 0 saturated carbocycles. The summed E-state index contributed by atoms with van der Waals surface area (Å²) in [4.78, 5) is 57.1. The van der Waals surface area contributed by atoms with Crippen LogP contribution in [0, 0.1) is 13.8 Å². The smallest absolute Gasteiger partial charge is 0.349 e. The quantitative estimate of drug-likeness (QED) is 0.619. The normalized spacial score (nSPS) is 11.2. The summed E-state index contributed by atoms with van der Waals surface area (Å²) in [7, 11) is 0. The van der Waals surface area contributed by atoms with Crippen molar-refractivity contribution in [3.05, 3.63) is 44.1 Å². The Morgan fingerprint density at radius 3 is 2.52 bits per heavy atom. The highest BCUT2D eigenvalue weighted by molar-refractivity contribution is 5.85. The van der Waals surface area contributed by atoms with E-state index in [9.17, 15) is 19.2 Å². The van der Waals surface area contributed by atoms with E-state index in [4.69, 9.17) is 5.11 Å². The van der Waals surface area contributed by atoms with Gasteiger partial charge in [-0.1, -0.05) is 0 Å². The van der Waals surface area contributed by atoms with Gasteiger partial charge in [0.15, 0.2) is 17.3 Å². The fourth-order valence-corrected chi connectivity index (χ4v) is 2.90. The van der Waals surface area contributed by atoms with Crippen LogP contribution < -0.4 is 11.2 Å². The van der Waals surface area contributed by atoms with Gasteiger partial charge < -0.3 is 9.67 Å². The van der Waals surface area contributed by atoms with Crippen LogP contribution in [0.3, 0.4) is 0 Å². The molecule has 1 aromatic carbocycles. The predicted molar refractivity (Wildman–Crippen MR) is 97.0 cm³/mol. The number of Topliss-reactive ketones (excluding diaryl/α,β-unsaturated/α-hetero) is 1. The molecule has 2 aliphatic heterocycles. The number of H-pyrrole nitrogens is 1. The maximum absolute atomic E-state index is 12.4. The van der Waals surface area contributed by atoms with Crippen LogP contribution in [0.4, 0.5) is 0 Å². The second-order valence-electron chi connectivity index (χ2n) is 6.45. The largest absolute Gasteiger partial charge is 0.481 e. The predicted octanol–water partition coefficient (Wildman–Crippen LogP) is 1.03. The van der Waals surface area contributed by atoms with Gasteiger partial charge >= 0.3 is 11.7 Å². The van der Waals surface area contributed by atoms with Gasteiger partial charge in [0.05, 0.1) is 17.6 Å². The van der Waals surface area contributed by atoms with Crippen molar-refractivity contribution in [2.45, 2.75) is 39.7 Å². The summed E-state index contributed by atoms with van der Waals surface area (Å²) in [6.45, 7) is 3.68. The number of aromatic amines is 1. The number of carbonyl (C=O) groups is 2.